The summed E-state index contributed by atoms with van der Waals surface area (Å²) in [6.07, 6.45) is 3.35. The first-order chi connectivity index (χ1) is 15.8. The normalized spacial score (nSPS) is 16.6. The van der Waals surface area contributed by atoms with Gasteiger partial charge in [-0.15, -0.1) is 0 Å². The Morgan fingerprint density at radius 3 is 2.42 bits per heavy atom. The van der Waals surface area contributed by atoms with Crippen molar-refractivity contribution in [1.29, 1.82) is 0 Å². The maximum absolute atomic E-state index is 12.1. The van der Waals surface area contributed by atoms with Crippen molar-refractivity contribution >= 4 is 17.9 Å². The Labute approximate surface area is 191 Å². The second kappa shape index (κ2) is 8.93. The lowest BCUT2D eigenvalue weighted by molar-refractivity contribution is -0.129. The van der Waals surface area contributed by atoms with Crippen molar-refractivity contribution in [3.63, 3.8) is 0 Å². The van der Waals surface area contributed by atoms with Gasteiger partial charge < -0.3 is 20.2 Å². The van der Waals surface area contributed by atoms with Crippen LogP contribution < -0.4 is 10.7 Å². The summed E-state index contributed by atoms with van der Waals surface area (Å²) in [5.41, 5.74) is 2.38. The van der Waals surface area contributed by atoms with E-state index in [1.165, 1.54) is 0 Å². The van der Waals surface area contributed by atoms with Crippen LogP contribution >= 0.6 is 0 Å². The predicted molar refractivity (Wildman–Crippen MR) is 122 cm³/mol. The minimum absolute atomic E-state index is 0.0336. The Bertz CT molecular complexity index is 1140. The third kappa shape index (κ3) is 4.26. The van der Waals surface area contributed by atoms with Gasteiger partial charge in [0, 0.05) is 38.1 Å². The number of amides is 1. The molecule has 0 bridgehead atoms. The van der Waals surface area contributed by atoms with Crippen LogP contribution in [0.15, 0.2) is 51.5 Å². The molecular formula is C22H27N9O2. The van der Waals surface area contributed by atoms with Crippen LogP contribution in [0.4, 0.5) is 12.0 Å². The fourth-order valence-electron chi connectivity index (χ4n) is 3.78. The summed E-state index contributed by atoms with van der Waals surface area (Å²) in [5, 5.41) is 11.1. The Hall–Kier alpha value is -3.89. The van der Waals surface area contributed by atoms with E-state index in [0.717, 1.165) is 16.7 Å². The molecule has 1 saturated heterocycles. The molecule has 3 aromatic rings. The second-order valence-electron chi connectivity index (χ2n) is 8.56. The Morgan fingerprint density at radius 2 is 1.82 bits per heavy atom. The zero-order chi connectivity index (χ0) is 23.6. The van der Waals surface area contributed by atoms with Gasteiger partial charge in [-0.1, -0.05) is 53.6 Å². The molecule has 0 saturated carbocycles. The molecule has 0 radical (unpaired) electrons. The highest BCUT2D eigenvalue weighted by Crippen LogP contribution is 2.38. The van der Waals surface area contributed by atoms with Gasteiger partial charge in [0.2, 0.25) is 5.91 Å². The number of carbonyl (C=O) groups excluding carboxylic acids is 1. The van der Waals surface area contributed by atoms with Crippen LogP contribution in [0.25, 0.3) is 11.1 Å². The van der Waals surface area contributed by atoms with Gasteiger partial charge in [0.1, 0.15) is 6.54 Å². The van der Waals surface area contributed by atoms with E-state index in [1.54, 1.807) is 24.3 Å². The number of carbonyl (C=O) groups is 1. The highest BCUT2D eigenvalue weighted by molar-refractivity contribution is 5.81. The maximum Gasteiger partial charge on any atom is 0.324 e. The highest BCUT2D eigenvalue weighted by atomic mass is 16.5. The van der Waals surface area contributed by atoms with Gasteiger partial charge in [-0.3, -0.25) is 4.79 Å². The lowest BCUT2D eigenvalue weighted by atomic mass is 9.72. The quantitative estimate of drug-likeness (QED) is 0.344. The van der Waals surface area contributed by atoms with E-state index in [-0.39, 0.29) is 24.3 Å². The number of hydrogen-bond donors (Lipinski definition) is 1. The van der Waals surface area contributed by atoms with E-state index in [1.807, 2.05) is 17.0 Å². The number of benzene rings is 1. The fraction of sp³-hybridized carbons (Fsp3) is 0.409. The van der Waals surface area contributed by atoms with Crippen molar-refractivity contribution < 1.29 is 9.32 Å². The molecular weight excluding hydrogens is 422 g/mol. The standard InChI is InChI=1S/C22H27N9O2/c1-14(2)22(3,19-26-21(33-28-19)31-10-9-30(4)18(32)13-31)17-7-5-15(6-8-17)16-11-24-20(25-12-16)27-29-23/h5-8,11-12,14H,9-10,13H2,1-4H3,(H2,23,24,25,27). The summed E-state index contributed by atoms with van der Waals surface area (Å²) in [6, 6.07) is 8.51. The number of aromatic nitrogens is 4. The average Bonchev–Trinajstić information content (AvgIpc) is 3.32. The number of likely N-dealkylation sites (N-methyl/N-ethyl adjacent to an activating group) is 1. The molecule has 2 N–H and O–H groups in total. The molecule has 11 nitrogen and oxygen atoms in total. The zero-order valence-electron chi connectivity index (χ0n) is 19.1. The smallest absolute Gasteiger partial charge is 0.324 e. The highest BCUT2D eigenvalue weighted by Gasteiger charge is 2.38. The minimum atomic E-state index is -0.487. The number of piperazine rings is 1. The monoisotopic (exact) mass is 449 g/mol. The molecule has 2 aromatic heterocycles. The number of anilines is 1. The number of nitrogens with zero attached hydrogens (tertiary/aromatic N) is 8. The summed E-state index contributed by atoms with van der Waals surface area (Å²) in [6.45, 7) is 7.87. The first-order valence-corrected chi connectivity index (χ1v) is 10.7. The largest absolute Gasteiger partial charge is 0.342 e. The lowest BCUT2D eigenvalue weighted by Crippen LogP contribution is -2.48. The molecule has 4 rings (SSSR count). The molecule has 1 unspecified atom stereocenters. The van der Waals surface area contributed by atoms with Crippen LogP contribution in [0.2, 0.25) is 0 Å². The molecule has 1 atom stereocenters. The number of hydrogen-bond acceptors (Lipinski definition) is 9. The van der Waals surface area contributed by atoms with Crippen LogP contribution in [-0.4, -0.2) is 57.6 Å². The molecule has 33 heavy (non-hydrogen) atoms. The fourth-order valence-corrected chi connectivity index (χ4v) is 3.78. The van der Waals surface area contributed by atoms with Gasteiger partial charge in [0.05, 0.1) is 5.41 Å². The van der Waals surface area contributed by atoms with Crippen molar-refractivity contribution in [2.75, 3.05) is 31.6 Å². The van der Waals surface area contributed by atoms with Crippen molar-refractivity contribution in [1.82, 2.24) is 25.0 Å². The van der Waals surface area contributed by atoms with Crippen molar-refractivity contribution in [3.8, 4) is 11.1 Å². The molecule has 1 aromatic carbocycles. The van der Waals surface area contributed by atoms with Gasteiger partial charge in [-0.25, -0.2) is 9.97 Å². The molecule has 3 heterocycles. The summed E-state index contributed by atoms with van der Waals surface area (Å²) >= 11 is 0. The lowest BCUT2D eigenvalue weighted by Gasteiger charge is -2.32. The minimum Gasteiger partial charge on any atom is -0.342 e. The summed E-state index contributed by atoms with van der Waals surface area (Å²) in [5.74, 6) is 6.06. The molecule has 11 heteroatoms. The zero-order valence-corrected chi connectivity index (χ0v) is 19.1. The van der Waals surface area contributed by atoms with Gasteiger partial charge in [-0.05, 0) is 24.0 Å². The van der Waals surface area contributed by atoms with Gasteiger partial charge >= 0.3 is 6.01 Å². The number of rotatable bonds is 6. The molecule has 0 spiro atoms. The molecule has 0 aliphatic carbocycles. The molecule has 1 aliphatic heterocycles. The van der Waals surface area contributed by atoms with Gasteiger partial charge in [0.25, 0.3) is 5.95 Å². The first kappa shape index (κ1) is 22.3. The Balaban J connectivity index is 1.60. The van der Waals surface area contributed by atoms with E-state index in [4.69, 9.17) is 15.3 Å². The van der Waals surface area contributed by atoms with E-state index >= 15 is 0 Å². The molecule has 172 valence electrons. The van der Waals surface area contributed by atoms with E-state index in [0.29, 0.717) is 24.9 Å². The summed E-state index contributed by atoms with van der Waals surface area (Å²) < 4.78 is 5.58. The molecule has 1 fully saturated rings. The van der Waals surface area contributed by atoms with E-state index < -0.39 is 5.41 Å². The van der Waals surface area contributed by atoms with Crippen LogP contribution in [0, 0.1) is 5.92 Å². The summed E-state index contributed by atoms with van der Waals surface area (Å²) in [4.78, 5) is 28.6. The third-order valence-corrected chi connectivity index (χ3v) is 6.37. The van der Waals surface area contributed by atoms with Crippen molar-refractivity contribution in [3.05, 3.63) is 48.0 Å². The maximum atomic E-state index is 12.1. The van der Waals surface area contributed by atoms with Gasteiger partial charge in [0.15, 0.2) is 5.82 Å². The molecule has 1 amide bonds. The Morgan fingerprint density at radius 1 is 1.12 bits per heavy atom. The predicted octanol–water partition coefficient (Wildman–Crippen LogP) is 2.72. The van der Waals surface area contributed by atoms with Crippen LogP contribution in [0.5, 0.6) is 0 Å². The number of nitrogens with two attached hydrogens (primary N) is 1. The van der Waals surface area contributed by atoms with Crippen LogP contribution in [0.3, 0.4) is 0 Å². The van der Waals surface area contributed by atoms with Crippen LogP contribution in [0.1, 0.15) is 32.2 Å². The molecule has 1 aliphatic rings. The Kier molecular flexibility index (Phi) is 6.03. The SMILES string of the molecule is CC(C)C(C)(c1ccc(-c2cnc(N=NN)nc2)cc1)c1noc(N2CCN(C)C(=O)C2)n1. The van der Waals surface area contributed by atoms with Crippen molar-refractivity contribution in [2.45, 2.75) is 26.2 Å². The van der Waals surface area contributed by atoms with E-state index in [2.05, 4.69) is 58.4 Å². The first-order valence-electron chi connectivity index (χ1n) is 10.7. The van der Waals surface area contributed by atoms with Crippen molar-refractivity contribution in [2.24, 2.45) is 22.1 Å². The van der Waals surface area contributed by atoms with Crippen LogP contribution in [-0.2, 0) is 10.2 Å². The summed E-state index contributed by atoms with van der Waals surface area (Å²) in [7, 11) is 1.80. The van der Waals surface area contributed by atoms with E-state index in [9.17, 15) is 4.79 Å². The second-order valence-corrected chi connectivity index (χ2v) is 8.56. The topological polar surface area (TPSA) is 139 Å². The third-order valence-electron chi connectivity index (χ3n) is 6.37. The van der Waals surface area contributed by atoms with Gasteiger partial charge in [-0.2, -0.15) is 4.98 Å². The average molecular weight is 450 g/mol.